The zero-order valence-electron chi connectivity index (χ0n) is 14.6. The van der Waals surface area contributed by atoms with Crippen LogP contribution in [0.15, 0.2) is 48.5 Å². The van der Waals surface area contributed by atoms with Gasteiger partial charge in [-0.3, -0.25) is 0 Å². The fourth-order valence-electron chi connectivity index (χ4n) is 2.43. The highest BCUT2D eigenvalue weighted by Crippen LogP contribution is 2.25. The van der Waals surface area contributed by atoms with Crippen LogP contribution in [0.25, 0.3) is 0 Å². The van der Waals surface area contributed by atoms with Crippen molar-refractivity contribution in [2.24, 2.45) is 0 Å². The summed E-state index contributed by atoms with van der Waals surface area (Å²) >= 11 is 0. The van der Waals surface area contributed by atoms with Gasteiger partial charge in [-0.25, -0.2) is 0 Å². The molecule has 0 saturated heterocycles. The second-order valence-corrected chi connectivity index (χ2v) is 5.43. The van der Waals surface area contributed by atoms with Crippen molar-refractivity contribution in [2.45, 2.75) is 19.8 Å². The lowest BCUT2D eigenvalue weighted by molar-refractivity contribution is 0.292. The summed E-state index contributed by atoms with van der Waals surface area (Å²) in [5, 5.41) is 3.40. The number of aryl methyl sites for hydroxylation is 1. The van der Waals surface area contributed by atoms with E-state index in [0.717, 1.165) is 43.2 Å². The minimum Gasteiger partial charge on any atom is -0.494 e. The molecule has 0 aromatic heterocycles. The maximum Gasteiger partial charge on any atom is 0.161 e. The topological polar surface area (TPSA) is 39.7 Å². The van der Waals surface area contributed by atoms with Gasteiger partial charge >= 0.3 is 0 Å². The summed E-state index contributed by atoms with van der Waals surface area (Å²) in [5.41, 5.74) is 1.34. The van der Waals surface area contributed by atoms with Crippen molar-refractivity contribution < 1.29 is 14.2 Å². The van der Waals surface area contributed by atoms with Crippen molar-refractivity contribution in [2.75, 3.05) is 33.4 Å². The summed E-state index contributed by atoms with van der Waals surface area (Å²) < 4.78 is 16.4. The lowest BCUT2D eigenvalue weighted by Crippen LogP contribution is -2.22. The van der Waals surface area contributed by atoms with E-state index < -0.39 is 0 Å². The number of ether oxygens (including phenoxy) is 3. The Labute approximate surface area is 144 Å². The molecule has 0 aliphatic heterocycles. The molecule has 2 aromatic carbocycles. The second-order valence-electron chi connectivity index (χ2n) is 5.43. The van der Waals surface area contributed by atoms with Crippen molar-refractivity contribution in [3.8, 4) is 17.2 Å². The molecule has 0 fully saturated rings. The highest BCUT2D eigenvalue weighted by Gasteiger charge is 2.01. The van der Waals surface area contributed by atoms with Crippen LogP contribution in [0.1, 0.15) is 18.9 Å². The Morgan fingerprint density at radius 2 is 1.62 bits per heavy atom. The average Bonchev–Trinajstić information content (AvgIpc) is 2.63. The molecule has 0 heterocycles. The summed E-state index contributed by atoms with van der Waals surface area (Å²) in [4.78, 5) is 0. The molecule has 0 atom stereocenters. The minimum absolute atomic E-state index is 0.628. The Morgan fingerprint density at radius 1 is 0.875 bits per heavy atom. The van der Waals surface area contributed by atoms with E-state index in [1.807, 2.05) is 43.3 Å². The maximum atomic E-state index is 5.73. The van der Waals surface area contributed by atoms with E-state index in [1.165, 1.54) is 5.56 Å². The molecule has 0 spiro atoms. The summed E-state index contributed by atoms with van der Waals surface area (Å²) in [6, 6.07) is 16.0. The van der Waals surface area contributed by atoms with Gasteiger partial charge in [0.05, 0.1) is 13.7 Å². The summed E-state index contributed by atoms with van der Waals surface area (Å²) in [7, 11) is 1.65. The van der Waals surface area contributed by atoms with Crippen LogP contribution in [0.4, 0.5) is 0 Å². The maximum absolute atomic E-state index is 5.73. The fourth-order valence-corrected chi connectivity index (χ4v) is 2.43. The molecule has 130 valence electrons. The molecule has 0 saturated carbocycles. The van der Waals surface area contributed by atoms with Gasteiger partial charge in [-0.1, -0.05) is 24.3 Å². The van der Waals surface area contributed by atoms with Crippen LogP contribution in [-0.2, 0) is 6.42 Å². The quantitative estimate of drug-likeness (QED) is 0.638. The molecule has 0 amide bonds. The van der Waals surface area contributed by atoms with Crippen LogP contribution in [0.5, 0.6) is 17.2 Å². The van der Waals surface area contributed by atoms with Gasteiger partial charge in [0, 0.05) is 6.54 Å². The number of hydrogen-bond donors (Lipinski definition) is 1. The molecule has 24 heavy (non-hydrogen) atoms. The lowest BCUT2D eigenvalue weighted by atomic mass is 10.1. The molecule has 2 aromatic rings. The zero-order valence-corrected chi connectivity index (χ0v) is 14.6. The summed E-state index contributed by atoms with van der Waals surface area (Å²) in [6.07, 6.45) is 2.16. The Balaban J connectivity index is 1.56. The van der Waals surface area contributed by atoms with Gasteiger partial charge in [0.2, 0.25) is 0 Å². The van der Waals surface area contributed by atoms with E-state index in [0.29, 0.717) is 13.2 Å². The van der Waals surface area contributed by atoms with Crippen LogP contribution in [0.2, 0.25) is 0 Å². The Kier molecular flexibility index (Phi) is 7.98. The molecular formula is C20H27NO3. The molecule has 0 aliphatic carbocycles. The lowest BCUT2D eigenvalue weighted by Gasteiger charge is -2.11. The number of hydrogen-bond acceptors (Lipinski definition) is 4. The molecule has 1 N–H and O–H groups in total. The monoisotopic (exact) mass is 329 g/mol. The molecule has 0 aliphatic rings. The van der Waals surface area contributed by atoms with Crippen LogP contribution < -0.4 is 19.5 Å². The van der Waals surface area contributed by atoms with Crippen molar-refractivity contribution >= 4 is 0 Å². The molecule has 4 nitrogen and oxygen atoms in total. The molecule has 4 heteroatoms. The Bertz CT molecular complexity index is 584. The predicted molar refractivity (Wildman–Crippen MR) is 97.3 cm³/mol. The van der Waals surface area contributed by atoms with E-state index in [-0.39, 0.29) is 0 Å². The molecular weight excluding hydrogens is 302 g/mol. The van der Waals surface area contributed by atoms with E-state index in [4.69, 9.17) is 14.2 Å². The summed E-state index contributed by atoms with van der Waals surface area (Å²) in [5.74, 6) is 2.50. The van der Waals surface area contributed by atoms with Gasteiger partial charge in [-0.2, -0.15) is 0 Å². The van der Waals surface area contributed by atoms with Crippen LogP contribution in [0.3, 0.4) is 0 Å². The first kappa shape index (κ1) is 18.1. The van der Waals surface area contributed by atoms with E-state index >= 15 is 0 Å². The van der Waals surface area contributed by atoms with Crippen molar-refractivity contribution in [1.29, 1.82) is 0 Å². The SMILES string of the molecule is CCOc1ccc(CCCNCCOc2ccccc2OC)cc1. The molecule has 0 radical (unpaired) electrons. The van der Waals surface area contributed by atoms with E-state index in [1.54, 1.807) is 7.11 Å². The van der Waals surface area contributed by atoms with Crippen LogP contribution in [0, 0.1) is 0 Å². The highest BCUT2D eigenvalue weighted by molar-refractivity contribution is 5.39. The van der Waals surface area contributed by atoms with E-state index in [9.17, 15) is 0 Å². The first-order valence-electron chi connectivity index (χ1n) is 8.51. The third-order valence-corrected chi connectivity index (χ3v) is 3.66. The van der Waals surface area contributed by atoms with Crippen LogP contribution in [-0.4, -0.2) is 33.4 Å². The zero-order chi connectivity index (χ0) is 17.0. The van der Waals surface area contributed by atoms with Gasteiger partial charge in [0.25, 0.3) is 0 Å². The molecule has 2 rings (SSSR count). The third-order valence-electron chi connectivity index (χ3n) is 3.66. The van der Waals surface area contributed by atoms with Crippen molar-refractivity contribution in [3.63, 3.8) is 0 Å². The third kappa shape index (κ3) is 6.13. The Morgan fingerprint density at radius 3 is 2.33 bits per heavy atom. The fraction of sp³-hybridized carbons (Fsp3) is 0.400. The van der Waals surface area contributed by atoms with Gasteiger partial charge in [-0.05, 0) is 56.1 Å². The van der Waals surface area contributed by atoms with Crippen molar-refractivity contribution in [3.05, 3.63) is 54.1 Å². The first-order valence-corrected chi connectivity index (χ1v) is 8.51. The Hall–Kier alpha value is -2.20. The number of benzene rings is 2. The number of methoxy groups -OCH3 is 1. The van der Waals surface area contributed by atoms with Gasteiger partial charge in [-0.15, -0.1) is 0 Å². The average molecular weight is 329 g/mol. The molecule has 0 bridgehead atoms. The normalized spacial score (nSPS) is 10.4. The molecule has 0 unspecified atom stereocenters. The highest BCUT2D eigenvalue weighted by atomic mass is 16.5. The predicted octanol–water partition coefficient (Wildman–Crippen LogP) is 3.70. The standard InChI is InChI=1S/C20H27NO3/c1-3-23-18-12-10-17(11-13-18)7-6-14-21-15-16-24-20-9-5-4-8-19(20)22-2/h4-5,8-13,21H,3,6-7,14-16H2,1-2H3. The van der Waals surface area contributed by atoms with Gasteiger partial charge < -0.3 is 19.5 Å². The second kappa shape index (κ2) is 10.6. The minimum atomic E-state index is 0.628. The van der Waals surface area contributed by atoms with Crippen molar-refractivity contribution in [1.82, 2.24) is 5.32 Å². The number of para-hydroxylation sites is 2. The largest absolute Gasteiger partial charge is 0.494 e. The summed E-state index contributed by atoms with van der Waals surface area (Å²) in [6.45, 7) is 5.13. The van der Waals surface area contributed by atoms with Gasteiger partial charge in [0.1, 0.15) is 12.4 Å². The first-order chi connectivity index (χ1) is 11.8. The smallest absolute Gasteiger partial charge is 0.161 e. The van der Waals surface area contributed by atoms with Gasteiger partial charge in [0.15, 0.2) is 11.5 Å². The number of nitrogens with one attached hydrogen (secondary N) is 1. The van der Waals surface area contributed by atoms with E-state index in [2.05, 4.69) is 17.4 Å². The number of rotatable bonds is 11. The van der Waals surface area contributed by atoms with Crippen LogP contribution >= 0.6 is 0 Å².